The Morgan fingerprint density at radius 3 is 2.34 bits per heavy atom. The van der Waals surface area contributed by atoms with Crippen LogP contribution in [0.1, 0.15) is 34.5 Å². The summed E-state index contributed by atoms with van der Waals surface area (Å²) in [4.78, 5) is 14.3. The highest BCUT2D eigenvalue weighted by Crippen LogP contribution is 2.49. The smallest absolute Gasteiger partial charge is 0.339 e. The molecular weight excluding hydrogens is 536 g/mol. The lowest BCUT2D eigenvalue weighted by atomic mass is 10.1. The maximum Gasteiger partial charge on any atom is 0.459 e. The molecule has 35 heavy (non-hydrogen) atoms. The SMILES string of the molecule is CN(C(=O)c1cc(-c2cn(-c3c(C(F)(F)F)c(C(F)(F)C(F)(F)F)nn3C)nn2)sc1Cl)C1CC1. The van der Waals surface area contributed by atoms with Crippen molar-refractivity contribution in [3.05, 3.63) is 33.4 Å². The van der Waals surface area contributed by atoms with Gasteiger partial charge in [-0.15, -0.1) is 16.4 Å². The third-order valence-corrected chi connectivity index (χ3v) is 6.63. The van der Waals surface area contributed by atoms with Crippen molar-refractivity contribution in [2.24, 2.45) is 7.05 Å². The Morgan fingerprint density at radius 2 is 1.80 bits per heavy atom. The highest BCUT2D eigenvalue weighted by molar-refractivity contribution is 7.19. The Kier molecular flexibility index (Phi) is 5.90. The van der Waals surface area contributed by atoms with E-state index in [2.05, 4.69) is 15.4 Å². The number of carbonyl (C=O) groups is 1. The van der Waals surface area contributed by atoms with Crippen molar-refractivity contribution >= 4 is 28.8 Å². The fraction of sp³-hybridized carbons (Fsp3) is 0.444. The van der Waals surface area contributed by atoms with Crippen LogP contribution < -0.4 is 0 Å². The normalized spacial score (nSPS) is 15.1. The van der Waals surface area contributed by atoms with Crippen LogP contribution in [0.3, 0.4) is 0 Å². The number of amides is 1. The van der Waals surface area contributed by atoms with E-state index in [1.807, 2.05) is 0 Å². The van der Waals surface area contributed by atoms with E-state index >= 15 is 0 Å². The Labute approximate surface area is 199 Å². The molecule has 3 aromatic rings. The maximum atomic E-state index is 13.9. The van der Waals surface area contributed by atoms with Crippen LogP contribution in [0.15, 0.2) is 12.3 Å². The van der Waals surface area contributed by atoms with Crippen molar-refractivity contribution in [1.29, 1.82) is 0 Å². The Bertz CT molecular complexity index is 1290. The first-order chi connectivity index (χ1) is 16.0. The van der Waals surface area contributed by atoms with E-state index in [9.17, 15) is 39.9 Å². The topological polar surface area (TPSA) is 68.8 Å². The molecule has 190 valence electrons. The number of rotatable bonds is 5. The second-order valence-electron chi connectivity index (χ2n) is 7.73. The number of thiophene rings is 1. The van der Waals surface area contributed by atoms with Crippen molar-refractivity contribution in [1.82, 2.24) is 29.7 Å². The lowest BCUT2D eigenvalue weighted by molar-refractivity contribution is -0.292. The van der Waals surface area contributed by atoms with Gasteiger partial charge >= 0.3 is 18.3 Å². The number of halogens is 9. The first kappa shape index (κ1) is 25.3. The minimum Gasteiger partial charge on any atom is -0.339 e. The van der Waals surface area contributed by atoms with Crippen molar-refractivity contribution < 1.29 is 39.9 Å². The average molecular weight is 549 g/mol. The van der Waals surface area contributed by atoms with Crippen LogP contribution >= 0.6 is 22.9 Å². The van der Waals surface area contributed by atoms with Gasteiger partial charge in [0.25, 0.3) is 5.91 Å². The molecule has 0 N–H and O–H groups in total. The average Bonchev–Trinajstić information content (AvgIpc) is 3.16. The zero-order valence-electron chi connectivity index (χ0n) is 17.5. The van der Waals surface area contributed by atoms with Crippen LogP contribution in [-0.2, 0) is 19.1 Å². The molecule has 1 aliphatic rings. The number of alkyl halides is 8. The Balaban J connectivity index is 1.77. The van der Waals surface area contributed by atoms with E-state index in [4.69, 9.17) is 11.6 Å². The Morgan fingerprint density at radius 1 is 1.17 bits per heavy atom. The minimum atomic E-state index is -6.32. The van der Waals surface area contributed by atoms with Crippen LogP contribution in [0.5, 0.6) is 0 Å². The molecule has 1 aliphatic carbocycles. The molecule has 0 aromatic carbocycles. The molecule has 0 unspecified atom stereocenters. The van der Waals surface area contributed by atoms with E-state index in [0.717, 1.165) is 37.4 Å². The van der Waals surface area contributed by atoms with Gasteiger partial charge in [-0.05, 0) is 18.9 Å². The van der Waals surface area contributed by atoms with Gasteiger partial charge in [-0.3, -0.25) is 4.79 Å². The van der Waals surface area contributed by atoms with E-state index in [1.165, 1.54) is 11.0 Å². The second kappa shape index (κ2) is 8.15. The van der Waals surface area contributed by atoms with Gasteiger partial charge in [0, 0.05) is 20.1 Å². The fourth-order valence-electron chi connectivity index (χ4n) is 3.33. The number of hydrogen-bond acceptors (Lipinski definition) is 5. The molecule has 7 nitrogen and oxygen atoms in total. The van der Waals surface area contributed by atoms with E-state index in [0.29, 0.717) is 4.68 Å². The van der Waals surface area contributed by atoms with Gasteiger partial charge in [0.1, 0.15) is 15.6 Å². The first-order valence-corrected chi connectivity index (χ1v) is 10.8. The predicted molar refractivity (Wildman–Crippen MR) is 107 cm³/mol. The van der Waals surface area contributed by atoms with Gasteiger partial charge in [0.05, 0.1) is 16.6 Å². The van der Waals surface area contributed by atoms with Gasteiger partial charge in [0.2, 0.25) is 0 Å². The molecule has 0 radical (unpaired) electrons. The summed E-state index contributed by atoms with van der Waals surface area (Å²) < 4.78 is 108. The quantitative estimate of drug-likeness (QED) is 0.406. The highest BCUT2D eigenvalue weighted by Gasteiger charge is 2.64. The largest absolute Gasteiger partial charge is 0.459 e. The van der Waals surface area contributed by atoms with Gasteiger partial charge < -0.3 is 4.90 Å². The number of aromatic nitrogens is 5. The molecule has 4 rings (SSSR count). The molecule has 3 heterocycles. The van der Waals surface area contributed by atoms with Gasteiger partial charge in [0.15, 0.2) is 11.5 Å². The first-order valence-electron chi connectivity index (χ1n) is 9.62. The number of carbonyl (C=O) groups excluding carboxylic acids is 1. The molecular formula is C18H13ClF8N6OS. The van der Waals surface area contributed by atoms with Gasteiger partial charge in [-0.1, -0.05) is 16.8 Å². The minimum absolute atomic E-state index is 0.0793. The lowest BCUT2D eigenvalue weighted by Crippen LogP contribution is -2.36. The molecule has 1 fully saturated rings. The lowest BCUT2D eigenvalue weighted by Gasteiger charge is -2.19. The van der Waals surface area contributed by atoms with Crippen molar-refractivity contribution in [3.8, 4) is 16.4 Å². The standard InChI is InChI=1S/C18H13ClF8N6OS/c1-31(7-3-4-7)15(34)8-5-10(35-13(8)19)9-6-33(30-28-9)14-11(17(22,23)24)12(29-32(14)2)16(20,21)18(25,26)27/h5-7H,3-4H2,1-2H3. The molecule has 0 saturated heterocycles. The number of hydrogen-bond donors (Lipinski definition) is 0. The molecule has 1 amide bonds. The summed E-state index contributed by atoms with van der Waals surface area (Å²) in [6.45, 7) is 0. The van der Waals surface area contributed by atoms with Crippen molar-refractivity contribution in [2.75, 3.05) is 7.05 Å². The Hall–Kier alpha value is -2.75. The molecule has 1 saturated carbocycles. The van der Waals surface area contributed by atoms with Crippen LogP contribution in [0.2, 0.25) is 4.34 Å². The summed E-state index contributed by atoms with van der Waals surface area (Å²) in [6.07, 6.45) is -9.41. The summed E-state index contributed by atoms with van der Waals surface area (Å²) in [5.74, 6) is -7.47. The summed E-state index contributed by atoms with van der Waals surface area (Å²) in [7, 11) is 2.35. The van der Waals surface area contributed by atoms with E-state index in [-0.39, 0.29) is 37.1 Å². The molecule has 3 aromatic heterocycles. The van der Waals surface area contributed by atoms with Crippen molar-refractivity contribution in [2.45, 2.75) is 37.2 Å². The molecule has 17 heteroatoms. The predicted octanol–water partition coefficient (Wildman–Crippen LogP) is 5.29. The van der Waals surface area contributed by atoms with Crippen LogP contribution in [0.4, 0.5) is 35.1 Å². The van der Waals surface area contributed by atoms with Gasteiger partial charge in [-0.25, -0.2) is 9.36 Å². The van der Waals surface area contributed by atoms with Crippen LogP contribution in [-0.4, -0.2) is 54.8 Å². The third kappa shape index (κ3) is 4.37. The maximum absolute atomic E-state index is 13.9. The number of aryl methyl sites for hydroxylation is 1. The molecule has 0 atom stereocenters. The van der Waals surface area contributed by atoms with Crippen LogP contribution in [0, 0.1) is 0 Å². The molecule has 0 spiro atoms. The molecule has 0 bridgehead atoms. The van der Waals surface area contributed by atoms with E-state index < -0.39 is 35.4 Å². The fourth-order valence-corrected chi connectivity index (χ4v) is 4.54. The summed E-state index contributed by atoms with van der Waals surface area (Å²) in [5.41, 5.74) is -4.80. The summed E-state index contributed by atoms with van der Waals surface area (Å²) in [5, 5.41) is 9.96. The zero-order valence-corrected chi connectivity index (χ0v) is 19.1. The number of nitrogens with zero attached hydrogens (tertiary/aromatic N) is 6. The third-order valence-electron chi connectivity index (χ3n) is 5.25. The van der Waals surface area contributed by atoms with Crippen molar-refractivity contribution in [3.63, 3.8) is 0 Å². The monoisotopic (exact) mass is 548 g/mol. The second-order valence-corrected chi connectivity index (χ2v) is 9.39. The molecule has 0 aliphatic heterocycles. The van der Waals surface area contributed by atoms with Gasteiger partial charge in [-0.2, -0.15) is 40.2 Å². The van der Waals surface area contributed by atoms with E-state index in [1.54, 1.807) is 7.05 Å². The summed E-state index contributed by atoms with van der Waals surface area (Å²) >= 11 is 7.02. The summed E-state index contributed by atoms with van der Waals surface area (Å²) in [6, 6.07) is 1.43. The zero-order chi connectivity index (χ0) is 26.1. The highest BCUT2D eigenvalue weighted by atomic mass is 35.5. The van der Waals surface area contributed by atoms with Crippen LogP contribution in [0.25, 0.3) is 16.4 Å².